The summed E-state index contributed by atoms with van der Waals surface area (Å²) in [5, 5.41) is 0. The average molecular weight is 192 g/mol. The predicted octanol–water partition coefficient (Wildman–Crippen LogP) is 1.19. The molecule has 3 heteroatoms. The van der Waals surface area contributed by atoms with Crippen molar-refractivity contribution in [1.82, 2.24) is 0 Å². The van der Waals surface area contributed by atoms with Gasteiger partial charge in [-0.05, 0) is 6.92 Å². The van der Waals surface area contributed by atoms with Gasteiger partial charge in [0.2, 0.25) is 0 Å². The molecule has 0 saturated carbocycles. The maximum absolute atomic E-state index is 10.7. The van der Waals surface area contributed by atoms with Crippen molar-refractivity contribution in [3.05, 3.63) is 0 Å². The van der Waals surface area contributed by atoms with Gasteiger partial charge in [0, 0.05) is 5.92 Å². The summed E-state index contributed by atoms with van der Waals surface area (Å²) in [6.45, 7) is 5.02. The van der Waals surface area contributed by atoms with Gasteiger partial charge < -0.3 is 0 Å². The summed E-state index contributed by atoms with van der Waals surface area (Å²) in [5.74, 6) is -0.0231. The average Bonchev–Trinajstić information content (AvgIpc) is 1.63. The van der Waals surface area contributed by atoms with Gasteiger partial charge in [-0.3, -0.25) is 9.59 Å². The van der Waals surface area contributed by atoms with Crippen molar-refractivity contribution in [2.24, 2.45) is 5.92 Å². The van der Waals surface area contributed by atoms with E-state index in [1.165, 1.54) is 6.92 Å². The molecule has 61 valence electrons. The second-order valence-electron chi connectivity index (χ2n) is 2.50. The van der Waals surface area contributed by atoms with E-state index in [1.54, 1.807) is 13.8 Å². The van der Waals surface area contributed by atoms with Crippen LogP contribution in [0.15, 0.2) is 0 Å². The van der Waals surface area contributed by atoms with Gasteiger partial charge >= 0.3 is 17.1 Å². The van der Waals surface area contributed by atoms with Crippen LogP contribution in [-0.4, -0.2) is 11.6 Å². The van der Waals surface area contributed by atoms with Crippen LogP contribution >= 0.6 is 0 Å². The van der Waals surface area contributed by atoms with Crippen LogP contribution in [0.5, 0.6) is 0 Å². The molecule has 0 aromatic heterocycles. The zero-order chi connectivity index (χ0) is 7.44. The van der Waals surface area contributed by atoms with Crippen molar-refractivity contribution >= 4 is 11.6 Å². The van der Waals surface area contributed by atoms with Gasteiger partial charge in [-0.1, -0.05) is 13.8 Å². The number of carbonyl (C=O) groups is 2. The summed E-state index contributed by atoms with van der Waals surface area (Å²) in [4.78, 5) is 21.1. The third-order valence-corrected chi connectivity index (χ3v) is 1.07. The number of ketones is 2. The van der Waals surface area contributed by atoms with E-state index >= 15 is 0 Å². The van der Waals surface area contributed by atoms with E-state index in [9.17, 15) is 9.59 Å². The molecule has 0 fully saturated rings. The fourth-order valence-corrected chi connectivity index (χ4v) is 0.449. The van der Waals surface area contributed by atoms with Crippen molar-refractivity contribution in [3.8, 4) is 0 Å². The smallest absolute Gasteiger partial charge is 0.300 e. The second kappa shape index (κ2) is 5.63. The molecule has 0 amide bonds. The molecule has 1 radical (unpaired) electrons. The molecule has 0 spiro atoms. The molecule has 0 N–H and O–H groups in total. The molecule has 10 heavy (non-hydrogen) atoms. The topological polar surface area (TPSA) is 34.1 Å². The quantitative estimate of drug-likeness (QED) is 0.496. The predicted molar refractivity (Wildman–Crippen MR) is 35.1 cm³/mol. The molecule has 2 nitrogen and oxygen atoms in total. The van der Waals surface area contributed by atoms with Gasteiger partial charge in [0.15, 0.2) is 0 Å². The number of carbonyl (C=O) groups excluding carboxylic acids is 2. The monoisotopic (exact) mass is 191 g/mol. The second-order valence-corrected chi connectivity index (χ2v) is 2.50. The summed E-state index contributed by atoms with van der Waals surface area (Å²) in [7, 11) is 0. The Morgan fingerprint density at radius 1 is 1.30 bits per heavy atom. The van der Waals surface area contributed by atoms with Gasteiger partial charge in [0.25, 0.3) is 0 Å². The molecule has 0 atom stereocenters. The number of Topliss-reactive ketones (excluding diaryl/α,β-unsaturated/α-hetero) is 2. The van der Waals surface area contributed by atoms with Gasteiger partial charge in [0.05, 0.1) is 6.42 Å². The van der Waals surface area contributed by atoms with Gasteiger partial charge in [0.1, 0.15) is 11.6 Å². The van der Waals surface area contributed by atoms with E-state index in [1.807, 2.05) is 0 Å². The first-order valence-electron chi connectivity index (χ1n) is 3.06. The molecular formula is C7H12CuO2+2. The largest absolute Gasteiger partial charge is 2.00 e. The Balaban J connectivity index is 0. The standard InChI is InChI=1S/C7H12O2.Cu/c1-5(2)7(9)4-6(3)8;/h5H,4H2,1-3H3;/q;+2. The summed E-state index contributed by atoms with van der Waals surface area (Å²) < 4.78 is 0. The van der Waals surface area contributed by atoms with Crippen LogP contribution in [0.2, 0.25) is 0 Å². The van der Waals surface area contributed by atoms with Crippen LogP contribution in [0.25, 0.3) is 0 Å². The maximum atomic E-state index is 10.7. The first-order chi connectivity index (χ1) is 4.04. The molecule has 0 aliphatic rings. The SMILES string of the molecule is CC(=O)CC(=O)C(C)C.[Cu+2]. The Kier molecular flexibility index (Phi) is 7.05. The van der Waals surface area contributed by atoms with Crippen LogP contribution in [-0.2, 0) is 26.7 Å². The normalized spacial score (nSPS) is 8.80. The van der Waals surface area contributed by atoms with E-state index in [2.05, 4.69) is 0 Å². The maximum Gasteiger partial charge on any atom is 2.00 e. The molecule has 0 unspecified atom stereocenters. The van der Waals surface area contributed by atoms with Crippen LogP contribution in [0.1, 0.15) is 27.2 Å². The fourth-order valence-electron chi connectivity index (χ4n) is 0.449. The number of hydrogen-bond donors (Lipinski definition) is 0. The Labute approximate surface area is 71.8 Å². The number of hydrogen-bond acceptors (Lipinski definition) is 2. The first kappa shape index (κ1) is 12.5. The van der Waals surface area contributed by atoms with Crippen molar-refractivity contribution in [3.63, 3.8) is 0 Å². The molecule has 0 rings (SSSR count). The summed E-state index contributed by atoms with van der Waals surface area (Å²) >= 11 is 0. The van der Waals surface area contributed by atoms with Crippen LogP contribution < -0.4 is 0 Å². The van der Waals surface area contributed by atoms with Gasteiger partial charge in [-0.25, -0.2) is 0 Å². The molecule has 0 aliphatic heterocycles. The zero-order valence-electron chi connectivity index (χ0n) is 6.40. The van der Waals surface area contributed by atoms with E-state index in [4.69, 9.17) is 0 Å². The van der Waals surface area contributed by atoms with Crippen LogP contribution in [0, 0.1) is 5.92 Å². The minimum atomic E-state index is -0.0475. The van der Waals surface area contributed by atoms with Crippen LogP contribution in [0.4, 0.5) is 0 Å². The minimum absolute atomic E-state index is 0. The molecule has 0 saturated heterocycles. The van der Waals surface area contributed by atoms with Crippen molar-refractivity contribution in [2.75, 3.05) is 0 Å². The van der Waals surface area contributed by atoms with Gasteiger partial charge in [-0.15, -0.1) is 0 Å². The molecule has 0 bridgehead atoms. The summed E-state index contributed by atoms with van der Waals surface area (Å²) in [6, 6.07) is 0. The summed E-state index contributed by atoms with van der Waals surface area (Å²) in [6.07, 6.45) is 0.0949. The van der Waals surface area contributed by atoms with Crippen molar-refractivity contribution in [1.29, 1.82) is 0 Å². The number of rotatable bonds is 3. The van der Waals surface area contributed by atoms with E-state index < -0.39 is 0 Å². The van der Waals surface area contributed by atoms with E-state index in [0.717, 1.165) is 0 Å². The van der Waals surface area contributed by atoms with Crippen LogP contribution in [0.3, 0.4) is 0 Å². The molecule has 0 aromatic carbocycles. The molecular weight excluding hydrogens is 180 g/mol. The minimum Gasteiger partial charge on any atom is -0.300 e. The first-order valence-corrected chi connectivity index (χ1v) is 3.06. The Morgan fingerprint density at radius 2 is 1.70 bits per heavy atom. The zero-order valence-corrected chi connectivity index (χ0v) is 7.34. The third kappa shape index (κ3) is 5.99. The Bertz CT molecular complexity index is 130. The molecule has 0 heterocycles. The van der Waals surface area contributed by atoms with Gasteiger partial charge in [-0.2, -0.15) is 0 Å². The fraction of sp³-hybridized carbons (Fsp3) is 0.714. The Morgan fingerprint density at radius 3 is 1.80 bits per heavy atom. The molecule has 0 aliphatic carbocycles. The molecule has 0 aromatic rings. The van der Waals surface area contributed by atoms with Crippen molar-refractivity contribution < 1.29 is 26.7 Å². The summed E-state index contributed by atoms with van der Waals surface area (Å²) in [5.41, 5.74) is 0. The Hall–Kier alpha value is -0.141. The van der Waals surface area contributed by atoms with E-state index in [0.29, 0.717) is 0 Å². The third-order valence-electron chi connectivity index (χ3n) is 1.07. The van der Waals surface area contributed by atoms with Crippen molar-refractivity contribution in [2.45, 2.75) is 27.2 Å². The van der Waals surface area contributed by atoms with E-state index in [-0.39, 0.29) is 41.0 Å².